The molecule has 0 amide bonds. The van der Waals surface area contributed by atoms with E-state index in [1.54, 1.807) is 13.0 Å². The molecule has 15 heavy (non-hydrogen) atoms. The zero-order valence-electron chi connectivity index (χ0n) is 10.5. The Morgan fingerprint density at radius 3 is 2.40 bits per heavy atom. The summed E-state index contributed by atoms with van der Waals surface area (Å²) in [4.78, 5) is 13.3. The Morgan fingerprint density at radius 2 is 2.00 bits per heavy atom. The molecule has 0 unspecified atom stereocenters. The number of hydrogen-bond donors (Lipinski definition) is 0. The Labute approximate surface area is 93.1 Å². The molecule has 0 fully saturated rings. The van der Waals surface area contributed by atoms with Gasteiger partial charge in [-0.05, 0) is 34.2 Å². The van der Waals surface area contributed by atoms with Crippen LogP contribution in [0.15, 0.2) is 12.2 Å². The highest BCUT2D eigenvalue weighted by Crippen LogP contribution is 2.11. The molecular weight excluding hydrogens is 190 g/mol. The van der Waals surface area contributed by atoms with Crippen LogP contribution < -0.4 is 0 Å². The molecule has 3 heteroatoms. The zero-order valence-corrected chi connectivity index (χ0v) is 10.5. The number of likely N-dealkylation sites (N-methyl/N-ethyl adjacent to an activating group) is 1. The van der Waals surface area contributed by atoms with Crippen LogP contribution >= 0.6 is 0 Å². The van der Waals surface area contributed by atoms with E-state index in [0.29, 0.717) is 6.61 Å². The second-order valence-electron chi connectivity index (χ2n) is 4.42. The van der Waals surface area contributed by atoms with Gasteiger partial charge in [-0.15, -0.1) is 0 Å². The van der Waals surface area contributed by atoms with Crippen LogP contribution in [0.25, 0.3) is 0 Å². The number of nitrogens with zero attached hydrogens (tertiary/aromatic N) is 1. The Bertz CT molecular complexity index is 216. The Morgan fingerprint density at radius 1 is 1.40 bits per heavy atom. The van der Waals surface area contributed by atoms with Crippen molar-refractivity contribution in [2.75, 3.05) is 19.7 Å². The van der Waals surface area contributed by atoms with E-state index in [0.717, 1.165) is 13.1 Å². The quantitative estimate of drug-likeness (QED) is 0.518. The number of allylic oxidation sites excluding steroid dienone is 1. The maximum Gasteiger partial charge on any atom is 0.330 e. The summed E-state index contributed by atoms with van der Waals surface area (Å²) in [7, 11) is 0. The number of esters is 1. The van der Waals surface area contributed by atoms with Crippen LogP contribution in [0.3, 0.4) is 0 Å². The van der Waals surface area contributed by atoms with Gasteiger partial charge in [-0.25, -0.2) is 4.79 Å². The van der Waals surface area contributed by atoms with Gasteiger partial charge in [0.15, 0.2) is 0 Å². The standard InChI is InChI=1S/C12H23NO2/c1-6-8-11(14)15-10-9-13(7-2)12(3,4)5/h6,8H,7,9-10H2,1-5H3/b8-6-. The molecule has 0 aliphatic carbocycles. The predicted molar refractivity (Wildman–Crippen MR) is 62.8 cm³/mol. The minimum Gasteiger partial charge on any atom is -0.461 e. The number of carbonyl (C=O) groups excluding carboxylic acids is 1. The fourth-order valence-corrected chi connectivity index (χ4v) is 1.41. The molecule has 0 N–H and O–H groups in total. The third kappa shape index (κ3) is 6.28. The summed E-state index contributed by atoms with van der Waals surface area (Å²) in [5.41, 5.74) is 0.127. The first kappa shape index (κ1) is 14.2. The van der Waals surface area contributed by atoms with E-state index in [2.05, 4.69) is 32.6 Å². The maximum atomic E-state index is 11.0. The van der Waals surface area contributed by atoms with E-state index in [1.807, 2.05) is 0 Å². The van der Waals surface area contributed by atoms with Gasteiger partial charge < -0.3 is 4.74 Å². The van der Waals surface area contributed by atoms with Crippen molar-refractivity contribution in [2.45, 2.75) is 40.2 Å². The monoisotopic (exact) mass is 213 g/mol. The van der Waals surface area contributed by atoms with Crippen LogP contribution in [-0.4, -0.2) is 36.1 Å². The first-order chi connectivity index (χ1) is 6.91. The largest absolute Gasteiger partial charge is 0.461 e. The van der Waals surface area contributed by atoms with E-state index in [1.165, 1.54) is 6.08 Å². The molecule has 0 heterocycles. The molecule has 0 atom stereocenters. The summed E-state index contributed by atoms with van der Waals surface area (Å²) in [6, 6.07) is 0. The van der Waals surface area contributed by atoms with Crippen LogP contribution in [0.4, 0.5) is 0 Å². The third-order valence-electron chi connectivity index (χ3n) is 2.24. The number of hydrogen-bond acceptors (Lipinski definition) is 3. The average molecular weight is 213 g/mol. The summed E-state index contributed by atoms with van der Waals surface area (Å²) in [5, 5.41) is 0. The second-order valence-corrected chi connectivity index (χ2v) is 4.42. The van der Waals surface area contributed by atoms with Crippen molar-refractivity contribution >= 4 is 5.97 Å². The van der Waals surface area contributed by atoms with Gasteiger partial charge in [0, 0.05) is 18.2 Å². The summed E-state index contributed by atoms with van der Waals surface area (Å²) in [6.45, 7) is 12.6. The third-order valence-corrected chi connectivity index (χ3v) is 2.24. The van der Waals surface area contributed by atoms with E-state index in [4.69, 9.17) is 4.74 Å². The van der Waals surface area contributed by atoms with Crippen molar-refractivity contribution in [2.24, 2.45) is 0 Å². The van der Waals surface area contributed by atoms with Gasteiger partial charge in [0.2, 0.25) is 0 Å². The Balaban J connectivity index is 3.88. The highest BCUT2D eigenvalue weighted by Gasteiger charge is 2.19. The molecule has 0 bridgehead atoms. The van der Waals surface area contributed by atoms with Gasteiger partial charge in [0.25, 0.3) is 0 Å². The number of carbonyl (C=O) groups is 1. The molecule has 0 aliphatic heterocycles. The van der Waals surface area contributed by atoms with Gasteiger partial charge in [-0.1, -0.05) is 13.0 Å². The molecule has 0 aromatic carbocycles. The van der Waals surface area contributed by atoms with Crippen LogP contribution in [0.1, 0.15) is 34.6 Å². The Hall–Kier alpha value is -0.830. The van der Waals surface area contributed by atoms with Crippen molar-refractivity contribution < 1.29 is 9.53 Å². The molecule has 0 saturated carbocycles. The lowest BCUT2D eigenvalue weighted by Crippen LogP contribution is -2.43. The lowest BCUT2D eigenvalue weighted by molar-refractivity contribution is -0.138. The van der Waals surface area contributed by atoms with Crippen LogP contribution in [-0.2, 0) is 9.53 Å². The highest BCUT2D eigenvalue weighted by atomic mass is 16.5. The summed E-state index contributed by atoms with van der Waals surface area (Å²) < 4.78 is 5.04. The molecule has 0 rings (SSSR count). The van der Waals surface area contributed by atoms with Gasteiger partial charge in [0.1, 0.15) is 6.61 Å². The first-order valence-corrected chi connectivity index (χ1v) is 5.46. The fraction of sp³-hybridized carbons (Fsp3) is 0.750. The molecule has 0 aromatic rings. The SMILES string of the molecule is C/C=C\C(=O)OCCN(CC)C(C)(C)C. The van der Waals surface area contributed by atoms with E-state index in [9.17, 15) is 4.79 Å². The highest BCUT2D eigenvalue weighted by molar-refractivity contribution is 5.81. The molecule has 0 saturated heterocycles. The average Bonchev–Trinajstić information content (AvgIpc) is 2.10. The molecule has 3 nitrogen and oxygen atoms in total. The van der Waals surface area contributed by atoms with E-state index in [-0.39, 0.29) is 11.5 Å². The second kappa shape index (κ2) is 6.62. The normalized spacial score (nSPS) is 12.4. The lowest BCUT2D eigenvalue weighted by Gasteiger charge is -2.34. The van der Waals surface area contributed by atoms with Crippen molar-refractivity contribution in [1.29, 1.82) is 0 Å². The summed E-state index contributed by atoms with van der Waals surface area (Å²) in [5.74, 6) is -0.262. The maximum absolute atomic E-state index is 11.0. The fourth-order valence-electron chi connectivity index (χ4n) is 1.41. The Kier molecular flexibility index (Phi) is 6.25. The molecule has 0 aliphatic rings. The number of ether oxygens (including phenoxy) is 1. The van der Waals surface area contributed by atoms with Crippen LogP contribution in [0, 0.1) is 0 Å². The molecule has 0 spiro atoms. The number of rotatable bonds is 5. The molecular formula is C12H23NO2. The first-order valence-electron chi connectivity index (χ1n) is 5.46. The smallest absolute Gasteiger partial charge is 0.330 e. The minimum atomic E-state index is -0.262. The van der Waals surface area contributed by atoms with E-state index < -0.39 is 0 Å². The van der Waals surface area contributed by atoms with Crippen LogP contribution in [0.5, 0.6) is 0 Å². The predicted octanol–water partition coefficient (Wildman–Crippen LogP) is 2.23. The van der Waals surface area contributed by atoms with Crippen molar-refractivity contribution in [3.63, 3.8) is 0 Å². The van der Waals surface area contributed by atoms with Crippen molar-refractivity contribution in [1.82, 2.24) is 4.90 Å². The van der Waals surface area contributed by atoms with Crippen molar-refractivity contribution in [3.05, 3.63) is 12.2 Å². The van der Waals surface area contributed by atoms with E-state index >= 15 is 0 Å². The summed E-state index contributed by atoms with van der Waals surface area (Å²) in [6.07, 6.45) is 3.12. The molecule has 0 aromatic heterocycles. The zero-order chi connectivity index (χ0) is 11.9. The van der Waals surface area contributed by atoms with Crippen molar-refractivity contribution in [3.8, 4) is 0 Å². The molecule has 88 valence electrons. The van der Waals surface area contributed by atoms with Crippen LogP contribution in [0.2, 0.25) is 0 Å². The summed E-state index contributed by atoms with van der Waals surface area (Å²) >= 11 is 0. The van der Waals surface area contributed by atoms with Gasteiger partial charge in [-0.2, -0.15) is 0 Å². The topological polar surface area (TPSA) is 29.5 Å². The van der Waals surface area contributed by atoms with Gasteiger partial charge in [0.05, 0.1) is 0 Å². The van der Waals surface area contributed by atoms with Gasteiger partial charge in [-0.3, -0.25) is 4.90 Å². The molecule has 0 radical (unpaired) electrons. The van der Waals surface area contributed by atoms with Gasteiger partial charge >= 0.3 is 5.97 Å². The lowest BCUT2D eigenvalue weighted by atomic mass is 10.1. The minimum absolute atomic E-state index is 0.127.